The summed E-state index contributed by atoms with van der Waals surface area (Å²) in [7, 11) is 3.17. The van der Waals surface area contributed by atoms with Crippen LogP contribution in [0.1, 0.15) is 5.56 Å². The molecule has 3 aromatic rings. The van der Waals surface area contributed by atoms with Gasteiger partial charge in [-0.05, 0) is 30.7 Å². The van der Waals surface area contributed by atoms with Crippen LogP contribution in [0.2, 0.25) is 0 Å². The Bertz CT molecular complexity index is 866. The Morgan fingerprint density at radius 3 is 2.52 bits per heavy atom. The molecule has 1 aromatic heterocycles. The second-order valence-electron chi connectivity index (χ2n) is 5.27. The van der Waals surface area contributed by atoms with E-state index in [0.29, 0.717) is 27.9 Å². The van der Waals surface area contributed by atoms with Crippen molar-refractivity contribution in [1.82, 2.24) is 4.98 Å². The van der Waals surface area contributed by atoms with Crippen LogP contribution in [0.25, 0.3) is 10.2 Å². The number of aromatic nitrogens is 1. The van der Waals surface area contributed by atoms with Gasteiger partial charge in [-0.25, -0.2) is 4.98 Å². The number of methoxy groups -OCH3 is 2. The van der Waals surface area contributed by atoms with Crippen molar-refractivity contribution in [2.24, 2.45) is 0 Å². The molecular weight excluding hydrogens is 340 g/mol. The van der Waals surface area contributed by atoms with Gasteiger partial charge in [0.1, 0.15) is 27.5 Å². The van der Waals surface area contributed by atoms with Gasteiger partial charge in [-0.1, -0.05) is 29.5 Å². The van der Waals surface area contributed by atoms with Crippen LogP contribution in [0.4, 0.5) is 5.13 Å². The van der Waals surface area contributed by atoms with Gasteiger partial charge >= 0.3 is 0 Å². The number of aryl methyl sites for hydroxylation is 1. The largest absolute Gasteiger partial charge is 0.495 e. The van der Waals surface area contributed by atoms with Crippen LogP contribution in [-0.2, 0) is 4.79 Å². The van der Waals surface area contributed by atoms with E-state index in [1.54, 1.807) is 20.3 Å². The lowest BCUT2D eigenvalue weighted by Crippen LogP contribution is -2.20. The lowest BCUT2D eigenvalue weighted by atomic mass is 10.2. The first-order valence-electron chi connectivity index (χ1n) is 7.62. The van der Waals surface area contributed by atoms with E-state index in [9.17, 15) is 4.79 Å². The predicted octanol–water partition coefficient (Wildman–Crippen LogP) is 3.64. The van der Waals surface area contributed by atoms with Crippen molar-refractivity contribution in [2.45, 2.75) is 6.92 Å². The maximum Gasteiger partial charge on any atom is 0.264 e. The Kier molecular flexibility index (Phi) is 5.04. The van der Waals surface area contributed by atoms with E-state index >= 15 is 0 Å². The smallest absolute Gasteiger partial charge is 0.264 e. The van der Waals surface area contributed by atoms with Gasteiger partial charge in [0.15, 0.2) is 11.7 Å². The highest BCUT2D eigenvalue weighted by Crippen LogP contribution is 2.38. The number of benzene rings is 2. The van der Waals surface area contributed by atoms with E-state index in [4.69, 9.17) is 14.2 Å². The summed E-state index contributed by atoms with van der Waals surface area (Å²) >= 11 is 1.33. The van der Waals surface area contributed by atoms with E-state index in [0.717, 1.165) is 10.3 Å². The summed E-state index contributed by atoms with van der Waals surface area (Å²) in [5, 5.41) is 3.22. The third-order valence-corrected chi connectivity index (χ3v) is 4.59. The molecular formula is C18H18N2O4S. The molecule has 2 aromatic carbocycles. The van der Waals surface area contributed by atoms with Crippen LogP contribution in [0, 0.1) is 6.92 Å². The predicted molar refractivity (Wildman–Crippen MR) is 98.0 cm³/mol. The number of anilines is 1. The minimum absolute atomic E-state index is 0.0882. The van der Waals surface area contributed by atoms with Crippen molar-refractivity contribution in [3.63, 3.8) is 0 Å². The number of fused-ring (bicyclic) bond motifs is 1. The molecule has 0 saturated heterocycles. The number of amides is 1. The fraction of sp³-hybridized carbons (Fsp3) is 0.222. The number of para-hydroxylation sites is 1. The Labute approximate surface area is 149 Å². The summed E-state index contributed by atoms with van der Waals surface area (Å²) in [6.07, 6.45) is 0. The van der Waals surface area contributed by atoms with Gasteiger partial charge in [-0.15, -0.1) is 0 Å². The zero-order valence-electron chi connectivity index (χ0n) is 14.2. The number of carbonyl (C=O) groups is 1. The lowest BCUT2D eigenvalue weighted by molar-refractivity contribution is -0.118. The van der Waals surface area contributed by atoms with Crippen molar-refractivity contribution in [2.75, 3.05) is 26.1 Å². The molecule has 25 heavy (non-hydrogen) atoms. The summed E-state index contributed by atoms with van der Waals surface area (Å²) in [5.41, 5.74) is 1.63. The average Bonchev–Trinajstić information content (AvgIpc) is 3.03. The van der Waals surface area contributed by atoms with Crippen LogP contribution in [-0.4, -0.2) is 31.7 Å². The highest BCUT2D eigenvalue weighted by Gasteiger charge is 2.15. The number of nitrogens with zero attached hydrogens (tertiary/aromatic N) is 1. The number of hydrogen-bond donors (Lipinski definition) is 1. The van der Waals surface area contributed by atoms with Gasteiger partial charge in [0.2, 0.25) is 0 Å². The molecule has 3 rings (SSSR count). The number of nitrogens with one attached hydrogen (secondary N) is 1. The summed E-state index contributed by atoms with van der Waals surface area (Å²) in [4.78, 5) is 16.6. The Morgan fingerprint density at radius 1 is 1.08 bits per heavy atom. The summed E-state index contributed by atoms with van der Waals surface area (Å²) in [5.74, 6) is 1.72. The molecule has 0 spiro atoms. The lowest BCUT2D eigenvalue weighted by Gasteiger charge is -2.07. The molecule has 7 heteroatoms. The standard InChI is InChI=1S/C18H18N2O4S/c1-11-6-4-5-7-12(11)24-10-15(21)19-18-20-16-13(22-2)8-9-14(23-3)17(16)25-18/h4-9H,10H2,1-3H3,(H,19,20,21). The van der Waals surface area contributed by atoms with E-state index in [-0.39, 0.29) is 12.5 Å². The number of rotatable bonds is 6. The molecule has 1 N–H and O–H groups in total. The zero-order chi connectivity index (χ0) is 17.8. The van der Waals surface area contributed by atoms with Crippen LogP contribution in [0.5, 0.6) is 17.2 Å². The third-order valence-electron chi connectivity index (χ3n) is 3.61. The third kappa shape index (κ3) is 3.66. The van der Waals surface area contributed by atoms with E-state index < -0.39 is 0 Å². The normalized spacial score (nSPS) is 10.5. The molecule has 0 radical (unpaired) electrons. The van der Waals surface area contributed by atoms with E-state index in [1.807, 2.05) is 37.3 Å². The monoisotopic (exact) mass is 358 g/mol. The summed E-state index contributed by atoms with van der Waals surface area (Å²) < 4.78 is 17.0. The Balaban J connectivity index is 1.74. The molecule has 0 atom stereocenters. The molecule has 0 fully saturated rings. The second kappa shape index (κ2) is 7.40. The molecule has 130 valence electrons. The van der Waals surface area contributed by atoms with Crippen LogP contribution in [0.15, 0.2) is 36.4 Å². The Morgan fingerprint density at radius 2 is 1.80 bits per heavy atom. The molecule has 6 nitrogen and oxygen atoms in total. The average molecular weight is 358 g/mol. The zero-order valence-corrected chi connectivity index (χ0v) is 15.0. The van der Waals surface area contributed by atoms with Crippen LogP contribution < -0.4 is 19.5 Å². The molecule has 0 saturated carbocycles. The number of ether oxygens (including phenoxy) is 3. The molecule has 0 aliphatic rings. The number of carbonyl (C=O) groups excluding carboxylic acids is 1. The van der Waals surface area contributed by atoms with Gasteiger partial charge in [-0.3, -0.25) is 10.1 Å². The van der Waals surface area contributed by atoms with Gasteiger partial charge < -0.3 is 14.2 Å². The SMILES string of the molecule is COc1ccc(OC)c2sc(NC(=O)COc3ccccc3C)nc12. The van der Waals surface area contributed by atoms with Crippen molar-refractivity contribution in [1.29, 1.82) is 0 Å². The van der Waals surface area contributed by atoms with Crippen molar-refractivity contribution in [3.8, 4) is 17.2 Å². The number of hydrogen-bond acceptors (Lipinski definition) is 6. The minimum Gasteiger partial charge on any atom is -0.495 e. The molecule has 1 heterocycles. The van der Waals surface area contributed by atoms with Crippen molar-refractivity contribution < 1.29 is 19.0 Å². The quantitative estimate of drug-likeness (QED) is 0.728. The molecule has 0 aliphatic carbocycles. The summed E-state index contributed by atoms with van der Waals surface area (Å²) in [6, 6.07) is 11.1. The van der Waals surface area contributed by atoms with Gasteiger partial charge in [-0.2, -0.15) is 0 Å². The van der Waals surface area contributed by atoms with Gasteiger partial charge in [0, 0.05) is 0 Å². The fourth-order valence-corrected chi connectivity index (χ4v) is 3.35. The summed E-state index contributed by atoms with van der Waals surface area (Å²) in [6.45, 7) is 1.84. The first kappa shape index (κ1) is 17.0. The Hall–Kier alpha value is -2.80. The molecule has 0 bridgehead atoms. The maximum absolute atomic E-state index is 12.2. The van der Waals surface area contributed by atoms with E-state index in [2.05, 4.69) is 10.3 Å². The highest BCUT2D eigenvalue weighted by molar-refractivity contribution is 7.22. The van der Waals surface area contributed by atoms with E-state index in [1.165, 1.54) is 11.3 Å². The van der Waals surface area contributed by atoms with Crippen molar-refractivity contribution in [3.05, 3.63) is 42.0 Å². The van der Waals surface area contributed by atoms with Crippen LogP contribution in [0.3, 0.4) is 0 Å². The van der Waals surface area contributed by atoms with Gasteiger partial charge in [0.25, 0.3) is 5.91 Å². The first-order chi connectivity index (χ1) is 12.1. The molecule has 1 amide bonds. The van der Waals surface area contributed by atoms with Crippen LogP contribution >= 0.6 is 11.3 Å². The van der Waals surface area contributed by atoms with Crippen molar-refractivity contribution >= 4 is 32.6 Å². The topological polar surface area (TPSA) is 69.7 Å². The number of thiazole rings is 1. The molecule has 0 unspecified atom stereocenters. The van der Waals surface area contributed by atoms with Gasteiger partial charge in [0.05, 0.1) is 14.2 Å². The minimum atomic E-state index is -0.278. The molecule has 0 aliphatic heterocycles. The first-order valence-corrected chi connectivity index (χ1v) is 8.44. The fourth-order valence-electron chi connectivity index (χ4n) is 2.36. The highest BCUT2D eigenvalue weighted by atomic mass is 32.1. The second-order valence-corrected chi connectivity index (χ2v) is 6.27. The maximum atomic E-state index is 12.2.